The van der Waals surface area contributed by atoms with Crippen LogP contribution in [0.3, 0.4) is 0 Å². The maximum atomic E-state index is 14.7. The molecule has 2 heterocycles. The molecule has 1 aromatic carbocycles. The quantitative estimate of drug-likeness (QED) is 0.227. The second-order valence-corrected chi connectivity index (χ2v) is 10.9. The first-order valence-corrected chi connectivity index (χ1v) is 13.6. The van der Waals surface area contributed by atoms with Gasteiger partial charge < -0.3 is 31.2 Å². The highest BCUT2D eigenvalue weighted by Gasteiger charge is 2.39. The lowest BCUT2D eigenvalue weighted by molar-refractivity contribution is -0.0202. The van der Waals surface area contributed by atoms with E-state index in [2.05, 4.69) is 20.3 Å². The molecule has 204 valence electrons. The predicted molar refractivity (Wildman–Crippen MR) is 140 cm³/mol. The molecule has 7 N–H and O–H groups in total. The fourth-order valence-corrected chi connectivity index (χ4v) is 5.96. The second-order valence-electron chi connectivity index (χ2n) is 10.9. The van der Waals surface area contributed by atoms with Gasteiger partial charge in [-0.1, -0.05) is 32.1 Å². The number of imidazole rings is 1. The van der Waals surface area contributed by atoms with E-state index in [1.165, 1.54) is 12.5 Å². The van der Waals surface area contributed by atoms with Crippen molar-refractivity contribution in [3.8, 4) is 0 Å². The maximum Gasteiger partial charge on any atom is 0.268 e. The number of nitrogens with zero attached hydrogens (tertiary/aromatic N) is 1. The molecule has 38 heavy (non-hydrogen) atoms. The molecule has 2 amide bonds. The number of carbonyl (C=O) groups is 2. The van der Waals surface area contributed by atoms with Crippen LogP contribution in [0.15, 0.2) is 24.7 Å². The molecule has 2 aromatic heterocycles. The average molecular weight is 526 g/mol. The van der Waals surface area contributed by atoms with Gasteiger partial charge in [-0.05, 0) is 61.6 Å². The monoisotopic (exact) mass is 525 g/mol. The summed E-state index contributed by atoms with van der Waals surface area (Å²) in [6.45, 7) is 0. The molecule has 10 heteroatoms. The number of nitrogens with one attached hydrogen (secondary N) is 3. The first-order valence-electron chi connectivity index (χ1n) is 13.6. The smallest absolute Gasteiger partial charge is 0.268 e. The second kappa shape index (κ2) is 11.2. The van der Waals surface area contributed by atoms with Gasteiger partial charge in [-0.25, -0.2) is 9.37 Å². The van der Waals surface area contributed by atoms with Crippen LogP contribution in [0.2, 0.25) is 0 Å². The van der Waals surface area contributed by atoms with Crippen molar-refractivity contribution in [2.45, 2.75) is 82.5 Å². The molecule has 5 rings (SSSR count). The number of benzene rings is 1. The van der Waals surface area contributed by atoms with Crippen LogP contribution in [-0.4, -0.2) is 55.2 Å². The van der Waals surface area contributed by atoms with Gasteiger partial charge in [-0.2, -0.15) is 0 Å². The fraction of sp³-hybridized carbons (Fsp3) is 0.536. The van der Waals surface area contributed by atoms with Crippen LogP contribution in [0.4, 0.5) is 4.39 Å². The SMILES string of the molecule is NC(=O)c1c(F)ccc2[nH]c(C(=O)N[C@@H](CC3CCCCC3)[C@@H](O)[C@@H](O)C3CC3)c(CCc3c[nH]cn3)c12. The Labute approximate surface area is 220 Å². The normalized spacial score (nSPS) is 18.8. The van der Waals surface area contributed by atoms with Gasteiger partial charge in [0, 0.05) is 17.1 Å². The number of hydrogen-bond acceptors (Lipinski definition) is 5. The third-order valence-corrected chi connectivity index (χ3v) is 8.17. The number of carbonyl (C=O) groups excluding carboxylic acids is 2. The molecule has 0 bridgehead atoms. The summed E-state index contributed by atoms with van der Waals surface area (Å²) in [6.07, 6.45) is 9.82. The van der Waals surface area contributed by atoms with Gasteiger partial charge in [-0.3, -0.25) is 9.59 Å². The van der Waals surface area contributed by atoms with Gasteiger partial charge >= 0.3 is 0 Å². The average Bonchev–Trinajstić information content (AvgIpc) is 3.50. The van der Waals surface area contributed by atoms with Crippen molar-refractivity contribution in [1.29, 1.82) is 0 Å². The first kappa shape index (κ1) is 26.4. The van der Waals surface area contributed by atoms with Crippen molar-refractivity contribution in [2.75, 3.05) is 0 Å². The molecule has 9 nitrogen and oxygen atoms in total. The Bertz CT molecular complexity index is 1280. The summed E-state index contributed by atoms with van der Waals surface area (Å²) in [4.78, 5) is 36.2. The van der Waals surface area contributed by atoms with Gasteiger partial charge in [0.05, 0.1) is 29.7 Å². The fourth-order valence-electron chi connectivity index (χ4n) is 5.96. The van der Waals surface area contributed by atoms with E-state index in [-0.39, 0.29) is 22.6 Å². The van der Waals surface area contributed by atoms with E-state index >= 15 is 0 Å². The summed E-state index contributed by atoms with van der Waals surface area (Å²) in [7, 11) is 0. The summed E-state index contributed by atoms with van der Waals surface area (Å²) in [5, 5.41) is 25.1. The Hall–Kier alpha value is -3.24. The van der Waals surface area contributed by atoms with Crippen LogP contribution in [-0.2, 0) is 12.8 Å². The standard InChI is InChI=1S/C28H36FN5O4/c29-19-10-11-20-22(23(19)27(30)37)18(9-8-17-13-31-14-32-17)24(33-20)28(38)34-21(12-15-4-2-1-3-5-15)26(36)25(35)16-6-7-16/h10-11,13-16,21,25-26,33,35-36H,1-9,12H2,(H2,30,37)(H,31,32)(H,34,38)/t21-,25-,26+/m0/s1. The number of halogens is 1. The van der Waals surface area contributed by atoms with Crippen LogP contribution >= 0.6 is 0 Å². The highest BCUT2D eigenvalue weighted by atomic mass is 19.1. The van der Waals surface area contributed by atoms with E-state index in [0.717, 1.165) is 50.3 Å². The minimum atomic E-state index is -1.09. The topological polar surface area (TPSA) is 157 Å². The summed E-state index contributed by atoms with van der Waals surface area (Å²) >= 11 is 0. The van der Waals surface area contributed by atoms with Crippen LogP contribution in [0, 0.1) is 17.7 Å². The highest BCUT2D eigenvalue weighted by Crippen LogP contribution is 2.36. The molecule has 2 aliphatic rings. The third-order valence-electron chi connectivity index (χ3n) is 8.17. The molecule has 0 spiro atoms. The Balaban J connectivity index is 1.48. The van der Waals surface area contributed by atoms with E-state index in [0.29, 0.717) is 36.3 Å². The van der Waals surface area contributed by atoms with Crippen molar-refractivity contribution in [3.05, 3.63) is 53.0 Å². The molecule has 0 aliphatic heterocycles. The number of aromatic amines is 2. The van der Waals surface area contributed by atoms with Gasteiger partial charge in [0.1, 0.15) is 17.6 Å². The summed E-state index contributed by atoms with van der Waals surface area (Å²) in [6, 6.07) is 2.00. The van der Waals surface area contributed by atoms with Gasteiger partial charge in [-0.15, -0.1) is 0 Å². The van der Waals surface area contributed by atoms with E-state index in [1.54, 1.807) is 12.5 Å². The lowest BCUT2D eigenvalue weighted by Crippen LogP contribution is -2.50. The van der Waals surface area contributed by atoms with Gasteiger partial charge in [0.25, 0.3) is 11.8 Å². The first-order chi connectivity index (χ1) is 18.3. The number of aliphatic hydroxyl groups excluding tert-OH is 2. The van der Waals surface area contributed by atoms with Crippen molar-refractivity contribution in [2.24, 2.45) is 17.6 Å². The van der Waals surface area contributed by atoms with Gasteiger partial charge in [0.2, 0.25) is 0 Å². The number of amides is 2. The van der Waals surface area contributed by atoms with Crippen molar-refractivity contribution < 1.29 is 24.2 Å². The zero-order valence-electron chi connectivity index (χ0n) is 21.4. The molecular weight excluding hydrogens is 489 g/mol. The lowest BCUT2D eigenvalue weighted by atomic mass is 9.82. The molecule has 3 atom stereocenters. The van der Waals surface area contributed by atoms with Crippen LogP contribution < -0.4 is 11.1 Å². The molecule has 0 saturated heterocycles. The molecule has 3 aromatic rings. The third kappa shape index (κ3) is 5.61. The van der Waals surface area contributed by atoms with E-state index in [9.17, 15) is 24.2 Å². The zero-order valence-corrected chi connectivity index (χ0v) is 21.4. The van der Waals surface area contributed by atoms with E-state index in [4.69, 9.17) is 5.73 Å². The highest BCUT2D eigenvalue weighted by molar-refractivity contribution is 6.10. The number of rotatable bonds is 11. The molecule has 2 aliphatic carbocycles. The maximum absolute atomic E-state index is 14.7. The molecule has 2 fully saturated rings. The summed E-state index contributed by atoms with van der Waals surface area (Å²) < 4.78 is 14.7. The number of aliphatic hydroxyl groups is 2. The number of nitrogens with two attached hydrogens (primary N) is 1. The molecular formula is C28H36FN5O4. The largest absolute Gasteiger partial charge is 0.390 e. The molecule has 0 radical (unpaired) electrons. The number of hydrogen-bond donors (Lipinski definition) is 6. The predicted octanol–water partition coefficient (Wildman–Crippen LogP) is 3.11. The zero-order chi connectivity index (χ0) is 26.8. The minimum Gasteiger partial charge on any atom is -0.390 e. The Morgan fingerprint density at radius 3 is 2.55 bits per heavy atom. The summed E-state index contributed by atoms with van der Waals surface area (Å²) in [5.74, 6) is -1.74. The molecule has 2 saturated carbocycles. The van der Waals surface area contributed by atoms with Crippen LogP contribution in [0.1, 0.15) is 83.5 Å². The number of primary amides is 1. The number of H-pyrrole nitrogens is 2. The van der Waals surface area contributed by atoms with Crippen LogP contribution in [0.5, 0.6) is 0 Å². The number of aryl methyl sites for hydroxylation is 2. The van der Waals surface area contributed by atoms with E-state index < -0.39 is 35.9 Å². The van der Waals surface area contributed by atoms with Crippen molar-refractivity contribution in [3.63, 3.8) is 0 Å². The van der Waals surface area contributed by atoms with Crippen molar-refractivity contribution in [1.82, 2.24) is 20.3 Å². The minimum absolute atomic E-state index is 0.0503. The van der Waals surface area contributed by atoms with Crippen molar-refractivity contribution >= 4 is 22.7 Å². The Kier molecular flexibility index (Phi) is 7.80. The number of aromatic nitrogens is 3. The lowest BCUT2D eigenvalue weighted by Gasteiger charge is -2.32. The number of fused-ring (bicyclic) bond motifs is 1. The Morgan fingerprint density at radius 1 is 1.13 bits per heavy atom. The van der Waals surface area contributed by atoms with Crippen LogP contribution in [0.25, 0.3) is 10.9 Å². The molecule has 0 unspecified atom stereocenters. The Morgan fingerprint density at radius 2 is 1.89 bits per heavy atom. The van der Waals surface area contributed by atoms with Gasteiger partial charge in [0.15, 0.2) is 0 Å². The summed E-state index contributed by atoms with van der Waals surface area (Å²) in [5.41, 5.74) is 7.10. The van der Waals surface area contributed by atoms with E-state index in [1.807, 2.05) is 0 Å².